The molecule has 0 saturated carbocycles. The van der Waals surface area contributed by atoms with Gasteiger partial charge in [0.25, 0.3) is 0 Å². The van der Waals surface area contributed by atoms with Crippen molar-refractivity contribution in [3.63, 3.8) is 0 Å². The van der Waals surface area contributed by atoms with E-state index in [1.807, 2.05) is 4.68 Å². The number of halogens is 2. The second kappa shape index (κ2) is 9.42. The molecule has 1 fully saturated rings. The number of thiophene rings is 1. The lowest BCUT2D eigenvalue weighted by atomic mass is 9.95. The number of nitrogens with one attached hydrogen (secondary N) is 1. The summed E-state index contributed by atoms with van der Waals surface area (Å²) < 4.78 is 20.6. The maximum Gasteiger partial charge on any atom is 0.323 e. The Morgan fingerprint density at radius 3 is 3.03 bits per heavy atom. The third-order valence-corrected chi connectivity index (χ3v) is 8.38. The largest absolute Gasteiger partial charge is 0.468 e. The van der Waals surface area contributed by atoms with Gasteiger partial charge in [-0.25, -0.2) is 14.4 Å². The van der Waals surface area contributed by atoms with Crippen LogP contribution in [0.15, 0.2) is 30.7 Å². The molecule has 0 radical (unpaired) electrons. The topological polar surface area (TPSA) is 85.2 Å². The van der Waals surface area contributed by atoms with Gasteiger partial charge in [-0.3, -0.25) is 14.4 Å². The lowest BCUT2D eigenvalue weighted by molar-refractivity contribution is -0.145. The fourth-order valence-corrected chi connectivity index (χ4v) is 6.58. The molecule has 36 heavy (non-hydrogen) atoms. The van der Waals surface area contributed by atoms with Crippen LogP contribution in [0.2, 0.25) is 5.02 Å². The van der Waals surface area contributed by atoms with Crippen LogP contribution in [0, 0.1) is 5.82 Å². The number of hydrogen-bond donors (Lipinski definition) is 1. The molecule has 1 aliphatic heterocycles. The van der Waals surface area contributed by atoms with E-state index in [0.717, 1.165) is 65.1 Å². The average Bonchev–Trinajstić information content (AvgIpc) is 3.60. The van der Waals surface area contributed by atoms with Crippen molar-refractivity contribution in [1.29, 1.82) is 0 Å². The second-order valence-corrected chi connectivity index (χ2v) is 10.4. The van der Waals surface area contributed by atoms with Gasteiger partial charge in [-0.05, 0) is 56.0 Å². The monoisotopic (exact) mass is 526 g/mol. The molecule has 1 aliphatic carbocycles. The van der Waals surface area contributed by atoms with E-state index in [1.165, 1.54) is 25.1 Å². The van der Waals surface area contributed by atoms with Crippen LogP contribution >= 0.6 is 22.9 Å². The van der Waals surface area contributed by atoms with Crippen LogP contribution in [0.5, 0.6) is 0 Å². The number of methoxy groups -OCH3 is 1. The molecule has 0 bridgehead atoms. The minimum Gasteiger partial charge on any atom is -0.468 e. The third kappa shape index (κ3) is 4.12. The Labute approximate surface area is 216 Å². The Hall–Kier alpha value is -3.08. The van der Waals surface area contributed by atoms with Crippen LogP contribution in [0.25, 0.3) is 20.7 Å². The van der Waals surface area contributed by atoms with Crippen molar-refractivity contribution < 1.29 is 13.9 Å². The molecule has 11 heteroatoms. The van der Waals surface area contributed by atoms with Crippen molar-refractivity contribution in [2.24, 2.45) is 0 Å². The normalized spacial score (nSPS) is 17.2. The average molecular weight is 527 g/mol. The molecular formula is C25H24ClFN6O2S. The van der Waals surface area contributed by atoms with Gasteiger partial charge >= 0.3 is 5.97 Å². The molecule has 1 saturated heterocycles. The first-order valence-electron chi connectivity index (χ1n) is 11.9. The number of benzene rings is 1. The predicted octanol–water partition coefficient (Wildman–Crippen LogP) is 4.83. The molecule has 2 aliphatic rings. The van der Waals surface area contributed by atoms with Gasteiger partial charge < -0.3 is 10.1 Å². The van der Waals surface area contributed by atoms with Crippen molar-refractivity contribution in [3.8, 4) is 10.4 Å². The molecule has 186 valence electrons. The molecule has 0 unspecified atom stereocenters. The van der Waals surface area contributed by atoms with Crippen LogP contribution in [0.1, 0.15) is 24.1 Å². The molecule has 0 amide bonds. The highest BCUT2D eigenvalue weighted by Gasteiger charge is 2.31. The van der Waals surface area contributed by atoms with Crippen LogP contribution < -0.4 is 5.32 Å². The number of aryl methyl sites for hydroxylation is 2. The first-order chi connectivity index (χ1) is 17.5. The van der Waals surface area contributed by atoms with Gasteiger partial charge in [0.1, 0.15) is 28.8 Å². The minimum atomic E-state index is -0.460. The molecular weight excluding hydrogens is 503 g/mol. The zero-order valence-electron chi connectivity index (χ0n) is 19.6. The van der Waals surface area contributed by atoms with Crippen molar-refractivity contribution in [2.45, 2.75) is 38.3 Å². The van der Waals surface area contributed by atoms with Crippen molar-refractivity contribution in [2.75, 3.05) is 25.5 Å². The maximum atomic E-state index is 13.6. The van der Waals surface area contributed by atoms with Crippen LogP contribution in [-0.2, 0) is 28.9 Å². The number of rotatable bonds is 6. The van der Waals surface area contributed by atoms with Crippen LogP contribution in [-0.4, -0.2) is 56.9 Å². The summed E-state index contributed by atoms with van der Waals surface area (Å²) in [5, 5.41) is 9.19. The summed E-state index contributed by atoms with van der Waals surface area (Å²) >= 11 is 7.60. The zero-order valence-corrected chi connectivity index (χ0v) is 21.2. The highest BCUT2D eigenvalue weighted by Crippen LogP contribution is 2.45. The lowest BCUT2D eigenvalue weighted by Crippen LogP contribution is -2.38. The Morgan fingerprint density at radius 2 is 2.19 bits per heavy atom. The number of carbonyl (C=O) groups excluding carboxylic acids is 1. The van der Waals surface area contributed by atoms with Gasteiger partial charge in [-0.2, -0.15) is 5.10 Å². The van der Waals surface area contributed by atoms with Gasteiger partial charge in [-0.15, -0.1) is 11.3 Å². The van der Waals surface area contributed by atoms with Gasteiger partial charge in [0.05, 0.1) is 29.8 Å². The van der Waals surface area contributed by atoms with Gasteiger partial charge in [0, 0.05) is 28.9 Å². The number of ether oxygens (including phenoxy) is 1. The summed E-state index contributed by atoms with van der Waals surface area (Å²) in [7, 11) is 1.45. The smallest absolute Gasteiger partial charge is 0.323 e. The summed E-state index contributed by atoms with van der Waals surface area (Å²) in [5.41, 5.74) is 4.07. The molecule has 3 aromatic heterocycles. The van der Waals surface area contributed by atoms with Gasteiger partial charge in [0.15, 0.2) is 0 Å². The lowest BCUT2D eigenvalue weighted by Gasteiger charge is -2.21. The number of nitrogens with zero attached hydrogens (tertiary/aromatic N) is 5. The Kier molecular flexibility index (Phi) is 6.10. The van der Waals surface area contributed by atoms with Crippen LogP contribution in [0.3, 0.4) is 0 Å². The van der Waals surface area contributed by atoms with E-state index in [9.17, 15) is 9.18 Å². The third-order valence-electron chi connectivity index (χ3n) is 6.92. The van der Waals surface area contributed by atoms with Gasteiger partial charge in [0.2, 0.25) is 0 Å². The summed E-state index contributed by atoms with van der Waals surface area (Å²) in [6.07, 6.45) is 7.15. The summed E-state index contributed by atoms with van der Waals surface area (Å²) in [5.74, 6) is 0.0626. The quantitative estimate of drug-likeness (QED) is 0.360. The summed E-state index contributed by atoms with van der Waals surface area (Å²) in [6.45, 7) is 2.35. The van der Waals surface area contributed by atoms with E-state index in [0.29, 0.717) is 18.1 Å². The summed E-state index contributed by atoms with van der Waals surface area (Å²) in [6, 6.07) is 4.37. The number of esters is 1. The molecule has 1 aromatic carbocycles. The fraction of sp³-hybridized carbons (Fsp3) is 0.360. The number of likely N-dealkylation sites (tertiary alicyclic amines) is 1. The van der Waals surface area contributed by atoms with Crippen molar-refractivity contribution in [1.82, 2.24) is 24.6 Å². The van der Waals surface area contributed by atoms with E-state index in [1.54, 1.807) is 23.5 Å². The molecule has 1 N–H and O–H groups in total. The second-order valence-electron chi connectivity index (χ2n) is 9.04. The molecule has 6 rings (SSSR count). The fourth-order valence-electron chi connectivity index (χ4n) is 5.17. The first kappa shape index (κ1) is 23.3. The number of hydrogen-bond acceptors (Lipinski definition) is 8. The number of carbonyl (C=O) groups is 1. The van der Waals surface area contributed by atoms with E-state index in [2.05, 4.69) is 26.4 Å². The molecule has 8 nitrogen and oxygen atoms in total. The summed E-state index contributed by atoms with van der Waals surface area (Å²) in [4.78, 5) is 25.3. The SMILES string of the molecule is COC(=O)[C@@H]1CCCN1CCn1cc2c(n1)CCc1c-2sc2ncnc(Nc3ccc(F)c(Cl)c3)c12. The van der Waals surface area contributed by atoms with E-state index < -0.39 is 5.82 Å². The Morgan fingerprint density at radius 1 is 1.31 bits per heavy atom. The highest BCUT2D eigenvalue weighted by atomic mass is 35.5. The van der Waals surface area contributed by atoms with Gasteiger partial charge in [-0.1, -0.05) is 11.6 Å². The van der Waals surface area contributed by atoms with E-state index >= 15 is 0 Å². The Balaban J connectivity index is 1.27. The first-order valence-corrected chi connectivity index (χ1v) is 13.1. The highest BCUT2D eigenvalue weighted by molar-refractivity contribution is 7.22. The molecule has 4 heterocycles. The standard InChI is InChI=1S/C25H24ClFN6O2S/c1-35-25(34)20-3-2-8-32(20)9-10-33-12-16-19(31-33)7-5-15-21-23(28-13-29-24(21)36-22(15)16)30-14-4-6-18(27)17(26)11-14/h4,6,11-13,20H,2-3,5,7-10H2,1H3,(H,28,29,30)/t20-/m0/s1. The van der Waals surface area contributed by atoms with Crippen LogP contribution in [0.4, 0.5) is 15.9 Å². The maximum absolute atomic E-state index is 13.6. The predicted molar refractivity (Wildman–Crippen MR) is 137 cm³/mol. The van der Waals surface area contributed by atoms with Crippen molar-refractivity contribution in [3.05, 3.63) is 52.8 Å². The molecule has 4 aromatic rings. The van der Waals surface area contributed by atoms with E-state index in [4.69, 9.17) is 21.4 Å². The van der Waals surface area contributed by atoms with Crippen molar-refractivity contribution >= 4 is 50.6 Å². The zero-order chi connectivity index (χ0) is 24.8. The minimum absolute atomic E-state index is 0.0570. The molecule has 0 spiro atoms. The molecule has 1 atom stereocenters. The Bertz CT molecular complexity index is 1470. The van der Waals surface area contributed by atoms with E-state index in [-0.39, 0.29) is 17.0 Å². The number of aromatic nitrogens is 4. The number of anilines is 2. The number of fused-ring (bicyclic) bond motifs is 5.